The molecule has 0 aromatic carbocycles. The van der Waals surface area contributed by atoms with E-state index < -0.39 is 0 Å². The third-order valence-corrected chi connectivity index (χ3v) is 2.14. The van der Waals surface area contributed by atoms with Crippen LogP contribution in [0.4, 0.5) is 17.3 Å². The van der Waals surface area contributed by atoms with Gasteiger partial charge in [0.25, 0.3) is 0 Å². The van der Waals surface area contributed by atoms with Crippen molar-refractivity contribution in [2.45, 2.75) is 6.92 Å². The monoisotopic (exact) mass is 243 g/mol. The first-order valence-corrected chi connectivity index (χ1v) is 5.46. The first-order valence-electron chi connectivity index (χ1n) is 5.46. The quantitative estimate of drug-likeness (QED) is 0.830. The van der Waals surface area contributed by atoms with E-state index in [4.69, 9.17) is 0 Å². The van der Waals surface area contributed by atoms with Crippen LogP contribution in [0.15, 0.2) is 36.9 Å². The van der Waals surface area contributed by atoms with Crippen LogP contribution in [-0.2, 0) is 4.79 Å². The number of carbonyl (C=O) groups excluding carboxylic acids is 1. The summed E-state index contributed by atoms with van der Waals surface area (Å²) in [4.78, 5) is 22.9. The van der Waals surface area contributed by atoms with Crippen LogP contribution >= 0.6 is 0 Å². The van der Waals surface area contributed by atoms with Crippen molar-refractivity contribution in [3.63, 3.8) is 0 Å². The number of hydrogen-bond acceptors (Lipinski definition) is 6. The third-order valence-electron chi connectivity index (χ3n) is 2.14. The van der Waals surface area contributed by atoms with Crippen molar-refractivity contribution in [2.24, 2.45) is 0 Å². The van der Waals surface area contributed by atoms with Crippen LogP contribution in [0.3, 0.4) is 0 Å². The molecule has 92 valence electrons. The molecule has 6 nitrogen and oxygen atoms in total. The second-order valence-electron chi connectivity index (χ2n) is 3.70. The molecule has 6 heteroatoms. The second kappa shape index (κ2) is 5.72. The maximum atomic E-state index is 10.9. The highest BCUT2D eigenvalue weighted by atomic mass is 16.1. The normalized spacial score (nSPS) is 9.83. The molecule has 18 heavy (non-hydrogen) atoms. The van der Waals surface area contributed by atoms with E-state index >= 15 is 0 Å². The number of nitrogens with zero attached hydrogens (tertiary/aromatic N) is 3. The predicted molar refractivity (Wildman–Crippen MR) is 68.7 cm³/mol. The Bertz CT molecular complexity index is 529. The minimum atomic E-state index is 0.0530. The van der Waals surface area contributed by atoms with Crippen molar-refractivity contribution in [1.82, 2.24) is 15.0 Å². The Labute approximate surface area is 105 Å². The number of hydrogen-bond donors (Lipinski definition) is 2. The molecule has 0 saturated heterocycles. The van der Waals surface area contributed by atoms with E-state index in [-0.39, 0.29) is 12.3 Å². The van der Waals surface area contributed by atoms with Gasteiger partial charge in [0.05, 0.1) is 6.54 Å². The fourth-order valence-electron chi connectivity index (χ4n) is 1.32. The molecule has 2 N–H and O–H groups in total. The number of nitrogens with one attached hydrogen (secondary N) is 2. The lowest BCUT2D eigenvalue weighted by Gasteiger charge is -2.07. The summed E-state index contributed by atoms with van der Waals surface area (Å²) in [5, 5.41) is 6.03. The molecule has 2 aromatic rings. The number of carbonyl (C=O) groups is 1. The molecule has 0 radical (unpaired) electrons. The lowest BCUT2D eigenvalue weighted by Crippen LogP contribution is -2.11. The fourth-order valence-corrected chi connectivity index (χ4v) is 1.32. The number of rotatable bonds is 5. The Kier molecular flexibility index (Phi) is 3.80. The molecule has 2 heterocycles. The van der Waals surface area contributed by atoms with Crippen molar-refractivity contribution in [3.8, 4) is 0 Å². The predicted octanol–water partition coefficient (Wildman–Crippen LogP) is 1.62. The number of aromatic nitrogens is 3. The van der Waals surface area contributed by atoms with Gasteiger partial charge in [0.1, 0.15) is 23.7 Å². The van der Waals surface area contributed by atoms with Gasteiger partial charge in [-0.15, -0.1) is 0 Å². The van der Waals surface area contributed by atoms with E-state index in [9.17, 15) is 4.79 Å². The molecule has 0 saturated carbocycles. The lowest BCUT2D eigenvalue weighted by molar-refractivity contribution is -0.115. The molecule has 0 unspecified atom stereocenters. The minimum Gasteiger partial charge on any atom is -0.363 e. The summed E-state index contributed by atoms with van der Waals surface area (Å²) >= 11 is 0. The van der Waals surface area contributed by atoms with Crippen LogP contribution in [0.25, 0.3) is 0 Å². The van der Waals surface area contributed by atoms with E-state index in [1.165, 1.54) is 13.3 Å². The first kappa shape index (κ1) is 12.0. The summed E-state index contributed by atoms with van der Waals surface area (Å²) in [6, 6.07) is 5.42. The van der Waals surface area contributed by atoms with Crippen molar-refractivity contribution in [3.05, 3.63) is 36.9 Å². The van der Waals surface area contributed by atoms with Crippen molar-refractivity contribution in [1.29, 1.82) is 0 Å². The maximum absolute atomic E-state index is 10.9. The molecule has 0 bridgehead atoms. The molecular formula is C12H13N5O. The van der Waals surface area contributed by atoms with Crippen LogP contribution in [0, 0.1) is 0 Å². The molecule has 0 aliphatic carbocycles. The molecule has 0 amide bonds. The van der Waals surface area contributed by atoms with E-state index in [1.807, 2.05) is 12.1 Å². The maximum Gasteiger partial charge on any atom is 0.148 e. The summed E-state index contributed by atoms with van der Waals surface area (Å²) < 4.78 is 0. The fraction of sp³-hybridized carbons (Fsp3) is 0.167. The molecule has 2 rings (SSSR count). The molecule has 0 fully saturated rings. The van der Waals surface area contributed by atoms with Crippen molar-refractivity contribution in [2.75, 3.05) is 17.2 Å². The van der Waals surface area contributed by atoms with Gasteiger partial charge >= 0.3 is 0 Å². The summed E-state index contributed by atoms with van der Waals surface area (Å²) in [5.74, 6) is 1.32. The van der Waals surface area contributed by atoms with Gasteiger partial charge in [-0.2, -0.15) is 0 Å². The van der Waals surface area contributed by atoms with E-state index in [2.05, 4.69) is 25.6 Å². The van der Waals surface area contributed by atoms with Gasteiger partial charge in [-0.3, -0.25) is 9.78 Å². The van der Waals surface area contributed by atoms with Crippen LogP contribution in [0.2, 0.25) is 0 Å². The minimum absolute atomic E-state index is 0.0530. The Morgan fingerprint density at radius 3 is 2.67 bits per heavy atom. The van der Waals surface area contributed by atoms with E-state index in [1.54, 1.807) is 18.5 Å². The third kappa shape index (κ3) is 3.51. The average molecular weight is 243 g/mol. The summed E-state index contributed by atoms with van der Waals surface area (Å²) in [6.07, 6.45) is 4.82. The van der Waals surface area contributed by atoms with Gasteiger partial charge in [-0.05, 0) is 19.1 Å². The van der Waals surface area contributed by atoms with Gasteiger partial charge in [-0.25, -0.2) is 9.97 Å². The largest absolute Gasteiger partial charge is 0.363 e. The van der Waals surface area contributed by atoms with Crippen molar-refractivity contribution < 1.29 is 4.79 Å². The second-order valence-corrected chi connectivity index (χ2v) is 3.70. The molecule has 0 spiro atoms. The number of pyridine rings is 1. The number of ketones is 1. The van der Waals surface area contributed by atoms with Crippen LogP contribution in [0.1, 0.15) is 6.92 Å². The Hall–Kier alpha value is -2.50. The lowest BCUT2D eigenvalue weighted by atomic mass is 10.4. The van der Waals surface area contributed by atoms with E-state index in [0.717, 1.165) is 5.69 Å². The first-order chi connectivity index (χ1) is 8.74. The number of anilines is 3. The highest BCUT2D eigenvalue weighted by Crippen LogP contribution is 2.14. The van der Waals surface area contributed by atoms with Gasteiger partial charge in [0.15, 0.2) is 0 Å². The topological polar surface area (TPSA) is 79.8 Å². The smallest absolute Gasteiger partial charge is 0.148 e. The highest BCUT2D eigenvalue weighted by molar-refractivity contribution is 5.80. The highest BCUT2D eigenvalue weighted by Gasteiger charge is 2.00. The standard InChI is InChI=1S/C12H13N5O/c1-9(18)7-14-11-6-12(16-8-15-11)17-10-2-4-13-5-3-10/h2-6,8H,7H2,1H3,(H2,13,14,15,16,17). The van der Waals surface area contributed by atoms with Gasteiger partial charge in [0, 0.05) is 24.1 Å². The summed E-state index contributed by atoms with van der Waals surface area (Å²) in [5.41, 5.74) is 0.890. The van der Waals surface area contributed by atoms with Gasteiger partial charge < -0.3 is 10.6 Å². The zero-order valence-corrected chi connectivity index (χ0v) is 9.92. The molecule has 0 aliphatic rings. The molecule has 0 atom stereocenters. The van der Waals surface area contributed by atoms with Crippen LogP contribution in [0.5, 0.6) is 0 Å². The summed E-state index contributed by atoms with van der Waals surface area (Å²) in [6.45, 7) is 1.77. The van der Waals surface area contributed by atoms with E-state index in [0.29, 0.717) is 11.6 Å². The van der Waals surface area contributed by atoms with Gasteiger partial charge in [-0.1, -0.05) is 0 Å². The Balaban J connectivity index is 2.05. The molecular weight excluding hydrogens is 230 g/mol. The Morgan fingerprint density at radius 1 is 1.22 bits per heavy atom. The SMILES string of the molecule is CC(=O)CNc1cc(Nc2ccncc2)ncn1. The zero-order chi connectivity index (χ0) is 12.8. The van der Waals surface area contributed by atoms with Gasteiger partial charge in [0.2, 0.25) is 0 Å². The average Bonchev–Trinajstić information content (AvgIpc) is 2.38. The van der Waals surface area contributed by atoms with Crippen LogP contribution in [-0.4, -0.2) is 27.3 Å². The molecule has 0 aliphatic heterocycles. The zero-order valence-electron chi connectivity index (χ0n) is 9.92. The Morgan fingerprint density at radius 2 is 1.94 bits per heavy atom. The summed E-state index contributed by atoms with van der Waals surface area (Å²) in [7, 11) is 0. The molecule has 2 aromatic heterocycles. The number of Topliss-reactive ketones (excluding diaryl/α,β-unsaturated/α-hetero) is 1. The van der Waals surface area contributed by atoms with Crippen molar-refractivity contribution >= 4 is 23.1 Å². The van der Waals surface area contributed by atoms with Crippen LogP contribution < -0.4 is 10.6 Å².